The first-order chi connectivity index (χ1) is 6.79. The van der Waals surface area contributed by atoms with Crippen LogP contribution in [0.5, 0.6) is 0 Å². The molecule has 0 atom stereocenters. The molecule has 0 fully saturated rings. The quantitative estimate of drug-likeness (QED) is 0.781. The highest BCUT2D eigenvalue weighted by atomic mass is 15.0. The van der Waals surface area contributed by atoms with Crippen molar-refractivity contribution >= 4 is 5.69 Å². The summed E-state index contributed by atoms with van der Waals surface area (Å²) in [4.78, 5) is 4.18. The van der Waals surface area contributed by atoms with Crippen LogP contribution in [0.4, 0.5) is 5.69 Å². The largest absolute Gasteiger partial charge is 0.388 e. The number of aromatic nitrogens is 2. The second kappa shape index (κ2) is 3.54. The van der Waals surface area contributed by atoms with Crippen molar-refractivity contribution in [2.45, 2.75) is 6.92 Å². The Hall–Kier alpha value is -1.77. The monoisotopic (exact) mass is 187 g/mol. The summed E-state index contributed by atoms with van der Waals surface area (Å²) in [5, 5.41) is 3.09. The summed E-state index contributed by atoms with van der Waals surface area (Å²) in [6.07, 6.45) is 3.83. The van der Waals surface area contributed by atoms with Gasteiger partial charge in [0.15, 0.2) is 0 Å². The first-order valence-electron chi connectivity index (χ1n) is 4.58. The van der Waals surface area contributed by atoms with Crippen LogP contribution in [-0.2, 0) is 0 Å². The number of rotatable bonds is 2. The molecule has 2 rings (SSSR count). The molecule has 0 saturated carbocycles. The van der Waals surface area contributed by atoms with Crippen LogP contribution in [0.15, 0.2) is 36.8 Å². The lowest BCUT2D eigenvalue weighted by Gasteiger charge is -2.03. The van der Waals surface area contributed by atoms with E-state index in [1.807, 2.05) is 43.2 Å². The van der Waals surface area contributed by atoms with Gasteiger partial charge in [-0.25, -0.2) is 4.98 Å². The number of imidazole rings is 1. The summed E-state index contributed by atoms with van der Waals surface area (Å²) in [6.45, 7) is 1.98. The number of nitrogens with one attached hydrogen (secondary N) is 1. The van der Waals surface area contributed by atoms with E-state index in [0.29, 0.717) is 0 Å². The van der Waals surface area contributed by atoms with Crippen molar-refractivity contribution in [1.82, 2.24) is 9.55 Å². The number of aryl methyl sites for hydroxylation is 1. The van der Waals surface area contributed by atoms with Crippen LogP contribution >= 0.6 is 0 Å². The molecule has 0 aliphatic rings. The minimum atomic E-state index is 1.03. The van der Waals surface area contributed by atoms with E-state index in [0.717, 1.165) is 17.1 Å². The van der Waals surface area contributed by atoms with Crippen LogP contribution in [0.3, 0.4) is 0 Å². The van der Waals surface area contributed by atoms with Gasteiger partial charge in [-0.2, -0.15) is 0 Å². The Bertz CT molecular complexity index is 414. The molecule has 0 saturated heterocycles. The van der Waals surface area contributed by atoms with Crippen LogP contribution < -0.4 is 5.32 Å². The molecular formula is C11H13N3. The first kappa shape index (κ1) is 8.81. The molecule has 0 radical (unpaired) electrons. The fraction of sp³-hybridized carbons (Fsp3) is 0.182. The van der Waals surface area contributed by atoms with Crippen molar-refractivity contribution in [1.29, 1.82) is 0 Å². The fourth-order valence-corrected chi connectivity index (χ4v) is 1.36. The van der Waals surface area contributed by atoms with Crippen molar-refractivity contribution in [3.63, 3.8) is 0 Å². The highest BCUT2D eigenvalue weighted by Crippen LogP contribution is 2.12. The van der Waals surface area contributed by atoms with Gasteiger partial charge in [0.05, 0.1) is 12.0 Å². The maximum atomic E-state index is 4.18. The smallest absolute Gasteiger partial charge is 0.0995 e. The molecule has 0 amide bonds. The lowest BCUT2D eigenvalue weighted by molar-refractivity contribution is 1.06. The van der Waals surface area contributed by atoms with Crippen molar-refractivity contribution in [2.75, 3.05) is 12.4 Å². The van der Waals surface area contributed by atoms with Crippen molar-refractivity contribution < 1.29 is 0 Å². The fourth-order valence-electron chi connectivity index (χ4n) is 1.36. The third kappa shape index (κ3) is 1.62. The van der Waals surface area contributed by atoms with Crippen LogP contribution in [0.1, 0.15) is 5.69 Å². The second-order valence-electron chi connectivity index (χ2n) is 3.22. The Morgan fingerprint density at radius 2 is 1.93 bits per heavy atom. The maximum Gasteiger partial charge on any atom is 0.0995 e. The van der Waals surface area contributed by atoms with Crippen LogP contribution in [0, 0.1) is 6.92 Å². The summed E-state index contributed by atoms with van der Waals surface area (Å²) >= 11 is 0. The number of benzene rings is 1. The van der Waals surface area contributed by atoms with E-state index in [2.05, 4.69) is 22.4 Å². The molecule has 1 N–H and O–H groups in total. The topological polar surface area (TPSA) is 29.9 Å². The molecule has 2 aromatic rings. The van der Waals surface area contributed by atoms with Gasteiger partial charge in [0, 0.05) is 24.6 Å². The molecule has 0 unspecified atom stereocenters. The zero-order chi connectivity index (χ0) is 9.97. The average molecular weight is 187 g/mol. The van der Waals surface area contributed by atoms with Gasteiger partial charge in [0.25, 0.3) is 0 Å². The van der Waals surface area contributed by atoms with Crippen LogP contribution in [0.2, 0.25) is 0 Å². The highest BCUT2D eigenvalue weighted by molar-refractivity contribution is 5.48. The zero-order valence-corrected chi connectivity index (χ0v) is 8.36. The van der Waals surface area contributed by atoms with Crippen LogP contribution in [-0.4, -0.2) is 16.6 Å². The molecular weight excluding hydrogens is 174 g/mol. The molecule has 3 heteroatoms. The van der Waals surface area contributed by atoms with Gasteiger partial charge < -0.3 is 9.88 Å². The van der Waals surface area contributed by atoms with E-state index in [-0.39, 0.29) is 0 Å². The molecule has 1 aromatic carbocycles. The molecule has 0 bridgehead atoms. The van der Waals surface area contributed by atoms with Crippen molar-refractivity contribution in [3.8, 4) is 5.69 Å². The lowest BCUT2D eigenvalue weighted by atomic mass is 10.3. The van der Waals surface area contributed by atoms with Gasteiger partial charge in [-0.1, -0.05) is 0 Å². The summed E-state index contributed by atoms with van der Waals surface area (Å²) < 4.78 is 2.01. The second-order valence-corrected chi connectivity index (χ2v) is 3.22. The molecule has 1 aromatic heterocycles. The molecule has 0 aliphatic heterocycles. The SMILES string of the molecule is CNc1ccc(-n2cnc(C)c2)cc1. The van der Waals surface area contributed by atoms with Gasteiger partial charge in [-0.3, -0.25) is 0 Å². The van der Waals surface area contributed by atoms with Crippen molar-refractivity contribution in [3.05, 3.63) is 42.5 Å². The molecule has 72 valence electrons. The van der Waals surface area contributed by atoms with Gasteiger partial charge in [-0.15, -0.1) is 0 Å². The summed E-state index contributed by atoms with van der Waals surface area (Å²) in [7, 11) is 1.91. The number of hydrogen-bond acceptors (Lipinski definition) is 2. The zero-order valence-electron chi connectivity index (χ0n) is 8.36. The minimum absolute atomic E-state index is 1.03. The maximum absolute atomic E-state index is 4.18. The normalized spacial score (nSPS) is 10.1. The van der Waals surface area contributed by atoms with Gasteiger partial charge in [0.1, 0.15) is 0 Å². The Morgan fingerprint density at radius 1 is 1.21 bits per heavy atom. The van der Waals surface area contributed by atoms with E-state index < -0.39 is 0 Å². The number of nitrogens with zero attached hydrogens (tertiary/aromatic N) is 2. The van der Waals surface area contributed by atoms with Gasteiger partial charge >= 0.3 is 0 Å². The van der Waals surface area contributed by atoms with E-state index in [1.54, 1.807) is 0 Å². The third-order valence-electron chi connectivity index (χ3n) is 2.17. The third-order valence-corrected chi connectivity index (χ3v) is 2.17. The summed E-state index contributed by atoms with van der Waals surface area (Å²) in [5.41, 5.74) is 3.28. The summed E-state index contributed by atoms with van der Waals surface area (Å²) in [6, 6.07) is 8.22. The number of anilines is 1. The van der Waals surface area contributed by atoms with E-state index >= 15 is 0 Å². The molecule has 0 spiro atoms. The summed E-state index contributed by atoms with van der Waals surface area (Å²) in [5.74, 6) is 0. The van der Waals surface area contributed by atoms with E-state index in [1.165, 1.54) is 0 Å². The Kier molecular flexibility index (Phi) is 2.23. The Balaban J connectivity index is 2.33. The predicted octanol–water partition coefficient (Wildman–Crippen LogP) is 2.22. The van der Waals surface area contributed by atoms with Crippen molar-refractivity contribution in [2.24, 2.45) is 0 Å². The number of hydrogen-bond donors (Lipinski definition) is 1. The minimum Gasteiger partial charge on any atom is -0.388 e. The highest BCUT2D eigenvalue weighted by Gasteiger charge is 1.96. The molecule has 1 heterocycles. The van der Waals surface area contributed by atoms with E-state index in [9.17, 15) is 0 Å². The first-order valence-corrected chi connectivity index (χ1v) is 4.58. The lowest BCUT2D eigenvalue weighted by Crippen LogP contribution is -1.91. The Morgan fingerprint density at radius 3 is 2.43 bits per heavy atom. The average Bonchev–Trinajstić information content (AvgIpc) is 2.65. The van der Waals surface area contributed by atoms with Gasteiger partial charge in [0.2, 0.25) is 0 Å². The van der Waals surface area contributed by atoms with Gasteiger partial charge in [-0.05, 0) is 31.2 Å². The molecule has 3 nitrogen and oxygen atoms in total. The molecule has 0 aliphatic carbocycles. The molecule has 14 heavy (non-hydrogen) atoms. The standard InChI is InChI=1S/C11H13N3/c1-9-7-14(8-13-9)11-5-3-10(12-2)4-6-11/h3-8,12H,1-2H3. The Labute approximate surface area is 83.4 Å². The van der Waals surface area contributed by atoms with Crippen LogP contribution in [0.25, 0.3) is 5.69 Å². The van der Waals surface area contributed by atoms with E-state index in [4.69, 9.17) is 0 Å². The predicted molar refractivity (Wildman–Crippen MR) is 57.8 cm³/mol.